The molecule has 1 aromatic rings. The molecule has 0 atom stereocenters. The van der Waals surface area contributed by atoms with Gasteiger partial charge in [-0.25, -0.2) is 0 Å². The Bertz CT molecular complexity index is 369. The van der Waals surface area contributed by atoms with Crippen LogP contribution in [0.25, 0.3) is 0 Å². The number of carbonyl (C=O) groups excluding carboxylic acids is 1. The van der Waals surface area contributed by atoms with Gasteiger partial charge >= 0.3 is 0 Å². The van der Waals surface area contributed by atoms with Gasteiger partial charge in [-0.05, 0) is 0 Å². The number of benzene rings is 1. The highest BCUT2D eigenvalue weighted by Crippen LogP contribution is 2.38. The highest BCUT2D eigenvalue weighted by atomic mass is 32.1. The van der Waals surface area contributed by atoms with Gasteiger partial charge in [-0.15, -0.1) is 0 Å². The molecule has 88 valence electrons. The topological polar surface area (TPSA) is 56.8 Å². The zero-order valence-electron chi connectivity index (χ0n) is 9.23. The summed E-state index contributed by atoms with van der Waals surface area (Å²) in [6.07, 6.45) is 0. The standard InChI is InChI=1S/C10H13NO4S/c1-13-6-4-7(14-2)9(11-10(12)16)8(5-6)15-3/h4-5H,1-3H3,(H2,11,12,16). The van der Waals surface area contributed by atoms with E-state index in [1.165, 1.54) is 21.3 Å². The summed E-state index contributed by atoms with van der Waals surface area (Å²) in [5.74, 6) is 1.46. The summed E-state index contributed by atoms with van der Waals surface area (Å²) in [7, 11) is 4.51. The van der Waals surface area contributed by atoms with E-state index in [2.05, 4.69) is 17.9 Å². The molecule has 1 rings (SSSR count). The average Bonchev–Trinajstić information content (AvgIpc) is 2.28. The van der Waals surface area contributed by atoms with Gasteiger partial charge in [-0.3, -0.25) is 4.79 Å². The minimum absolute atomic E-state index is 0.422. The van der Waals surface area contributed by atoms with E-state index in [-0.39, 0.29) is 0 Å². The second kappa shape index (κ2) is 5.50. The van der Waals surface area contributed by atoms with Gasteiger partial charge in [0.05, 0.1) is 21.3 Å². The normalized spacial score (nSPS) is 9.50. The van der Waals surface area contributed by atoms with E-state index in [1.807, 2.05) is 0 Å². The van der Waals surface area contributed by atoms with Crippen molar-refractivity contribution >= 4 is 23.6 Å². The maximum absolute atomic E-state index is 10.9. The lowest BCUT2D eigenvalue weighted by atomic mass is 10.2. The molecule has 0 aliphatic rings. The predicted molar refractivity (Wildman–Crippen MR) is 64.1 cm³/mol. The monoisotopic (exact) mass is 243 g/mol. The van der Waals surface area contributed by atoms with Crippen LogP contribution in [0.3, 0.4) is 0 Å². The molecule has 0 aliphatic carbocycles. The van der Waals surface area contributed by atoms with Crippen LogP contribution in [0.5, 0.6) is 17.2 Å². The zero-order valence-corrected chi connectivity index (χ0v) is 10.1. The molecule has 0 heterocycles. The molecule has 0 saturated heterocycles. The minimum Gasteiger partial charge on any atom is -0.496 e. The number of thiol groups is 1. The molecule has 1 aromatic carbocycles. The molecular formula is C10H13NO4S. The first-order chi connectivity index (χ1) is 7.62. The summed E-state index contributed by atoms with van der Waals surface area (Å²) < 4.78 is 15.3. The first kappa shape index (κ1) is 12.5. The molecule has 1 N–H and O–H groups in total. The molecule has 0 fully saturated rings. The third-order valence-electron chi connectivity index (χ3n) is 1.95. The van der Waals surface area contributed by atoms with E-state index in [0.717, 1.165) is 0 Å². The Morgan fingerprint density at radius 3 is 1.94 bits per heavy atom. The first-order valence-corrected chi connectivity index (χ1v) is 4.87. The van der Waals surface area contributed by atoms with Crippen molar-refractivity contribution in [3.8, 4) is 17.2 Å². The predicted octanol–water partition coefficient (Wildman–Crippen LogP) is 2.17. The molecule has 0 aromatic heterocycles. The molecule has 5 nitrogen and oxygen atoms in total. The maximum Gasteiger partial charge on any atom is 0.280 e. The van der Waals surface area contributed by atoms with Crippen LogP contribution in [0.2, 0.25) is 0 Å². The van der Waals surface area contributed by atoms with Crippen LogP contribution in [0.4, 0.5) is 10.5 Å². The lowest BCUT2D eigenvalue weighted by Gasteiger charge is -2.14. The molecule has 0 bridgehead atoms. The van der Waals surface area contributed by atoms with Gasteiger partial charge in [-0.2, -0.15) is 0 Å². The van der Waals surface area contributed by atoms with Crippen molar-refractivity contribution in [2.75, 3.05) is 26.6 Å². The summed E-state index contributed by atoms with van der Waals surface area (Å²) in [6, 6.07) is 3.28. The summed E-state index contributed by atoms with van der Waals surface area (Å²) in [4.78, 5) is 10.9. The Hall–Kier alpha value is -1.56. The third kappa shape index (κ3) is 2.73. The van der Waals surface area contributed by atoms with Crippen molar-refractivity contribution in [1.82, 2.24) is 0 Å². The van der Waals surface area contributed by atoms with Crippen molar-refractivity contribution in [3.05, 3.63) is 12.1 Å². The third-order valence-corrected chi connectivity index (χ3v) is 2.06. The summed E-state index contributed by atoms with van der Waals surface area (Å²) in [6.45, 7) is 0. The van der Waals surface area contributed by atoms with Gasteiger partial charge in [0.15, 0.2) is 0 Å². The number of hydrogen-bond acceptors (Lipinski definition) is 4. The van der Waals surface area contributed by atoms with Gasteiger partial charge in [0.25, 0.3) is 5.24 Å². The SMILES string of the molecule is COc1cc(OC)c(NC(=O)S)c(OC)c1. The zero-order chi connectivity index (χ0) is 12.1. The summed E-state index contributed by atoms with van der Waals surface area (Å²) in [5, 5.41) is 2.02. The molecule has 0 saturated carbocycles. The minimum atomic E-state index is -0.498. The van der Waals surface area contributed by atoms with Crippen molar-refractivity contribution < 1.29 is 19.0 Å². The fraction of sp³-hybridized carbons (Fsp3) is 0.300. The average molecular weight is 243 g/mol. The number of rotatable bonds is 4. The highest BCUT2D eigenvalue weighted by Gasteiger charge is 2.14. The smallest absolute Gasteiger partial charge is 0.280 e. The van der Waals surface area contributed by atoms with Gasteiger partial charge in [0.1, 0.15) is 22.9 Å². The van der Waals surface area contributed by atoms with E-state index in [1.54, 1.807) is 12.1 Å². The fourth-order valence-corrected chi connectivity index (χ4v) is 1.35. The van der Waals surface area contributed by atoms with Gasteiger partial charge in [-0.1, -0.05) is 12.6 Å². The first-order valence-electron chi connectivity index (χ1n) is 4.42. The summed E-state index contributed by atoms with van der Waals surface area (Å²) >= 11 is 3.64. The molecule has 0 radical (unpaired) electrons. The Labute approximate surface area is 99.1 Å². The summed E-state index contributed by atoms with van der Waals surface area (Å²) in [5.41, 5.74) is 0.422. The van der Waals surface area contributed by atoms with Crippen molar-refractivity contribution in [3.63, 3.8) is 0 Å². The molecule has 0 spiro atoms. The van der Waals surface area contributed by atoms with Crippen LogP contribution in [-0.4, -0.2) is 26.6 Å². The molecule has 0 aliphatic heterocycles. The molecule has 16 heavy (non-hydrogen) atoms. The number of nitrogens with one attached hydrogen (secondary N) is 1. The van der Waals surface area contributed by atoms with E-state index in [9.17, 15) is 4.79 Å². The second-order valence-corrected chi connectivity index (χ2v) is 3.24. The Balaban J connectivity index is 3.25. The van der Waals surface area contributed by atoms with Crippen LogP contribution >= 0.6 is 12.6 Å². The van der Waals surface area contributed by atoms with Gasteiger partial charge in [0.2, 0.25) is 0 Å². The highest BCUT2D eigenvalue weighted by molar-refractivity contribution is 7.96. The number of hydrogen-bond donors (Lipinski definition) is 2. The number of amides is 1. The largest absolute Gasteiger partial charge is 0.496 e. The van der Waals surface area contributed by atoms with E-state index in [4.69, 9.17) is 14.2 Å². The number of anilines is 1. The molecule has 6 heteroatoms. The van der Waals surface area contributed by atoms with E-state index in [0.29, 0.717) is 22.9 Å². The van der Waals surface area contributed by atoms with Gasteiger partial charge in [0, 0.05) is 12.1 Å². The van der Waals surface area contributed by atoms with Crippen molar-refractivity contribution in [1.29, 1.82) is 0 Å². The van der Waals surface area contributed by atoms with Crippen LogP contribution < -0.4 is 19.5 Å². The van der Waals surface area contributed by atoms with Crippen LogP contribution in [0, 0.1) is 0 Å². The lowest BCUT2D eigenvalue weighted by molar-refractivity contribution is 0.269. The van der Waals surface area contributed by atoms with Crippen molar-refractivity contribution in [2.24, 2.45) is 0 Å². The lowest BCUT2D eigenvalue weighted by Crippen LogP contribution is -2.05. The molecule has 0 unspecified atom stereocenters. The quantitative estimate of drug-likeness (QED) is 0.796. The second-order valence-electron chi connectivity index (χ2n) is 2.84. The van der Waals surface area contributed by atoms with Crippen LogP contribution in [0.1, 0.15) is 0 Å². The Morgan fingerprint density at radius 1 is 1.12 bits per heavy atom. The maximum atomic E-state index is 10.9. The Morgan fingerprint density at radius 2 is 1.62 bits per heavy atom. The number of carbonyl (C=O) groups is 1. The number of methoxy groups -OCH3 is 3. The fourth-order valence-electron chi connectivity index (χ4n) is 1.24. The number of ether oxygens (including phenoxy) is 3. The Kier molecular flexibility index (Phi) is 4.30. The molecule has 1 amide bonds. The van der Waals surface area contributed by atoms with Gasteiger partial charge < -0.3 is 19.5 Å². The van der Waals surface area contributed by atoms with Crippen LogP contribution in [0.15, 0.2) is 12.1 Å². The van der Waals surface area contributed by atoms with Crippen molar-refractivity contribution in [2.45, 2.75) is 0 Å². The molecular weight excluding hydrogens is 230 g/mol. The van der Waals surface area contributed by atoms with Crippen LogP contribution in [-0.2, 0) is 0 Å². The van der Waals surface area contributed by atoms with E-state index >= 15 is 0 Å². The van der Waals surface area contributed by atoms with E-state index < -0.39 is 5.24 Å².